The molecule has 0 aromatic rings. The minimum Gasteiger partial charge on any atom is -0.393 e. The monoisotopic (exact) mass is 402 g/mol. The Balaban J connectivity index is 0.00000240. The predicted octanol–water partition coefficient (Wildman–Crippen LogP) is 8.02. The van der Waals surface area contributed by atoms with Crippen molar-refractivity contribution in [3.05, 3.63) is 11.6 Å². The summed E-state index contributed by atoms with van der Waals surface area (Å²) >= 11 is 0. The first kappa shape index (κ1) is 23.4. The van der Waals surface area contributed by atoms with Crippen LogP contribution in [0.4, 0.5) is 0 Å². The van der Waals surface area contributed by atoms with E-state index in [9.17, 15) is 5.11 Å². The van der Waals surface area contributed by atoms with E-state index < -0.39 is 0 Å². The maximum atomic E-state index is 10.2. The van der Waals surface area contributed by atoms with Gasteiger partial charge in [0.15, 0.2) is 0 Å². The maximum Gasteiger partial charge on any atom is 0.0577 e. The number of aliphatic hydroxyl groups is 1. The molecule has 8 atom stereocenters. The molecule has 0 bridgehead atoms. The summed E-state index contributed by atoms with van der Waals surface area (Å²) in [6, 6.07) is 0. The molecule has 4 rings (SSSR count). The van der Waals surface area contributed by atoms with Crippen LogP contribution in [0.2, 0.25) is 0 Å². The Hall–Kier alpha value is -0.300. The van der Waals surface area contributed by atoms with E-state index in [1.54, 1.807) is 5.57 Å². The van der Waals surface area contributed by atoms with Crippen LogP contribution in [0, 0.1) is 46.3 Å². The van der Waals surface area contributed by atoms with Crippen LogP contribution in [-0.4, -0.2) is 11.2 Å². The number of fused-ring (bicyclic) bond motifs is 5. The molecular weight excluding hydrogens is 352 g/mol. The van der Waals surface area contributed by atoms with Crippen molar-refractivity contribution in [1.29, 1.82) is 0 Å². The van der Waals surface area contributed by atoms with Crippen LogP contribution < -0.4 is 0 Å². The summed E-state index contributed by atoms with van der Waals surface area (Å²) in [7, 11) is 0. The van der Waals surface area contributed by atoms with Crippen molar-refractivity contribution in [3.63, 3.8) is 0 Å². The number of rotatable bonds is 5. The van der Waals surface area contributed by atoms with E-state index in [2.05, 4.69) is 40.7 Å². The zero-order chi connectivity index (χ0) is 20.1. The van der Waals surface area contributed by atoms with Gasteiger partial charge in [-0.2, -0.15) is 0 Å². The molecule has 0 heterocycles. The average Bonchev–Trinajstić information content (AvgIpc) is 2.99. The minimum absolute atomic E-state index is 0. The van der Waals surface area contributed by atoms with Crippen molar-refractivity contribution >= 4 is 0 Å². The lowest BCUT2D eigenvalue weighted by molar-refractivity contribution is -0.0573. The van der Waals surface area contributed by atoms with Crippen LogP contribution in [0.25, 0.3) is 0 Å². The molecule has 4 aliphatic rings. The Labute approximate surface area is 182 Å². The third kappa shape index (κ3) is 3.99. The highest BCUT2D eigenvalue weighted by atomic mass is 16.3. The van der Waals surface area contributed by atoms with Gasteiger partial charge < -0.3 is 5.11 Å². The third-order valence-electron chi connectivity index (χ3n) is 10.3. The van der Waals surface area contributed by atoms with E-state index in [1.165, 1.54) is 57.8 Å². The molecule has 0 saturated heterocycles. The first-order valence-electron chi connectivity index (χ1n) is 12.6. The van der Waals surface area contributed by atoms with Crippen LogP contribution in [0.3, 0.4) is 0 Å². The fourth-order valence-corrected chi connectivity index (χ4v) is 8.67. The van der Waals surface area contributed by atoms with Gasteiger partial charge in [0.25, 0.3) is 0 Å². The number of aliphatic hydroxyl groups excluding tert-OH is 1. The number of hydrogen-bond donors (Lipinski definition) is 1. The lowest BCUT2D eigenvalue weighted by Crippen LogP contribution is -2.50. The summed E-state index contributed by atoms with van der Waals surface area (Å²) in [6.07, 6.45) is 17.2. The zero-order valence-electron chi connectivity index (χ0n) is 19.3. The Bertz CT molecular complexity index is 591. The van der Waals surface area contributed by atoms with Crippen LogP contribution in [0.15, 0.2) is 11.6 Å². The van der Waals surface area contributed by atoms with Crippen LogP contribution in [0.1, 0.15) is 113 Å². The van der Waals surface area contributed by atoms with E-state index in [4.69, 9.17) is 0 Å². The molecule has 4 aliphatic carbocycles. The highest BCUT2D eigenvalue weighted by molar-refractivity contribution is 5.25. The van der Waals surface area contributed by atoms with Crippen LogP contribution in [0.5, 0.6) is 0 Å². The summed E-state index contributed by atoms with van der Waals surface area (Å²) in [5.41, 5.74) is 2.60. The molecule has 0 aliphatic heterocycles. The van der Waals surface area contributed by atoms with Gasteiger partial charge in [-0.05, 0) is 97.7 Å². The fourth-order valence-electron chi connectivity index (χ4n) is 8.67. The molecule has 1 N–H and O–H groups in total. The largest absolute Gasteiger partial charge is 0.393 e. The van der Waals surface area contributed by atoms with Crippen molar-refractivity contribution in [2.75, 3.05) is 0 Å². The van der Waals surface area contributed by atoms with E-state index in [1.807, 2.05) is 0 Å². The van der Waals surface area contributed by atoms with Gasteiger partial charge in [0, 0.05) is 0 Å². The highest BCUT2D eigenvalue weighted by Gasteiger charge is 2.59. The van der Waals surface area contributed by atoms with Gasteiger partial charge in [0.2, 0.25) is 0 Å². The Kier molecular flexibility index (Phi) is 6.99. The second kappa shape index (κ2) is 8.68. The molecule has 1 heteroatoms. The Morgan fingerprint density at radius 2 is 1.76 bits per heavy atom. The highest BCUT2D eigenvalue weighted by Crippen LogP contribution is 2.67. The zero-order valence-corrected chi connectivity index (χ0v) is 19.3. The van der Waals surface area contributed by atoms with Crippen molar-refractivity contribution in [1.82, 2.24) is 0 Å². The molecule has 0 aromatic carbocycles. The molecule has 0 amide bonds. The molecular formula is C28H50O. The summed E-state index contributed by atoms with van der Waals surface area (Å²) < 4.78 is 0. The molecule has 3 saturated carbocycles. The topological polar surface area (TPSA) is 20.2 Å². The maximum absolute atomic E-state index is 10.2. The SMILES string of the molecule is C.CC(C)CCC[C@@H](C)[C@H]1CCC2[C@@H]3CC=C4C[C@@H](O)CC[C@]4(C)[C@H]3CC[C@@]21C. The van der Waals surface area contributed by atoms with Crippen molar-refractivity contribution in [3.8, 4) is 0 Å². The second-order valence-electron chi connectivity index (χ2n) is 12.2. The lowest BCUT2D eigenvalue weighted by Gasteiger charge is -2.58. The van der Waals surface area contributed by atoms with E-state index in [0.29, 0.717) is 10.8 Å². The average molecular weight is 403 g/mol. The Morgan fingerprint density at radius 3 is 2.48 bits per heavy atom. The van der Waals surface area contributed by atoms with E-state index >= 15 is 0 Å². The number of allylic oxidation sites excluding steroid dienone is 1. The lowest BCUT2D eigenvalue weighted by atomic mass is 9.47. The van der Waals surface area contributed by atoms with Crippen LogP contribution in [-0.2, 0) is 0 Å². The van der Waals surface area contributed by atoms with Gasteiger partial charge in [0.1, 0.15) is 0 Å². The van der Waals surface area contributed by atoms with Gasteiger partial charge in [-0.15, -0.1) is 0 Å². The van der Waals surface area contributed by atoms with Crippen molar-refractivity contribution in [2.45, 2.75) is 119 Å². The van der Waals surface area contributed by atoms with Gasteiger partial charge in [0.05, 0.1) is 6.10 Å². The first-order chi connectivity index (χ1) is 13.3. The summed E-state index contributed by atoms with van der Waals surface area (Å²) in [5.74, 6) is 5.46. The minimum atomic E-state index is -0.0766. The molecule has 0 radical (unpaired) electrons. The molecule has 0 spiro atoms. The molecule has 3 fully saturated rings. The fraction of sp³-hybridized carbons (Fsp3) is 0.929. The molecule has 1 unspecified atom stereocenters. The summed E-state index contributed by atoms with van der Waals surface area (Å²) in [5, 5.41) is 10.2. The molecule has 29 heavy (non-hydrogen) atoms. The molecule has 0 aromatic heterocycles. The van der Waals surface area contributed by atoms with Crippen molar-refractivity contribution in [2.24, 2.45) is 46.3 Å². The quantitative estimate of drug-likeness (QED) is 0.461. The third-order valence-corrected chi connectivity index (χ3v) is 10.3. The van der Waals surface area contributed by atoms with Gasteiger partial charge in [-0.1, -0.05) is 73.0 Å². The number of hydrogen-bond acceptors (Lipinski definition) is 1. The smallest absolute Gasteiger partial charge is 0.0577 e. The van der Waals surface area contributed by atoms with Crippen LogP contribution >= 0.6 is 0 Å². The van der Waals surface area contributed by atoms with E-state index in [0.717, 1.165) is 48.3 Å². The van der Waals surface area contributed by atoms with Gasteiger partial charge >= 0.3 is 0 Å². The first-order valence-corrected chi connectivity index (χ1v) is 12.6. The second-order valence-corrected chi connectivity index (χ2v) is 12.2. The molecule has 168 valence electrons. The predicted molar refractivity (Wildman–Crippen MR) is 126 cm³/mol. The summed E-state index contributed by atoms with van der Waals surface area (Å²) in [6.45, 7) is 12.6. The van der Waals surface area contributed by atoms with Crippen molar-refractivity contribution < 1.29 is 5.11 Å². The Morgan fingerprint density at radius 1 is 1.00 bits per heavy atom. The summed E-state index contributed by atoms with van der Waals surface area (Å²) in [4.78, 5) is 0. The molecule has 1 nitrogen and oxygen atoms in total. The normalized spacial score (nSPS) is 44.9. The standard InChI is InChI=1S/C27H46O.CH4/c1-18(2)7-6-8-19(3)23-11-12-24-22-10-9-20-17-21(28)13-15-26(20,4)25(22)14-16-27(23,24)5;/h9,18-19,21-25,28H,6-8,10-17H2,1-5H3;1H4/t19-,21+,22+,23-,24?,25+,26+,27-;/m1./s1. The van der Waals surface area contributed by atoms with E-state index in [-0.39, 0.29) is 13.5 Å². The van der Waals surface area contributed by atoms with Gasteiger partial charge in [-0.3, -0.25) is 0 Å². The van der Waals surface area contributed by atoms with Gasteiger partial charge in [-0.25, -0.2) is 0 Å².